The lowest BCUT2D eigenvalue weighted by atomic mass is 10.0. The molecule has 0 saturated heterocycles. The maximum Gasteiger partial charge on any atom is 0.373 e. The molecule has 0 radical (unpaired) electrons. The molecule has 0 saturated carbocycles. The van der Waals surface area contributed by atoms with E-state index in [1.165, 1.54) is 6.08 Å². The minimum Gasteiger partial charge on any atom is -0.458 e. The molecule has 0 aromatic heterocycles. The van der Waals surface area contributed by atoms with Crippen LogP contribution in [0.25, 0.3) is 0 Å². The summed E-state index contributed by atoms with van der Waals surface area (Å²) in [6.07, 6.45) is 3.45. The Bertz CT molecular complexity index is 561. The molecule has 2 atom stereocenters. The number of hydrogen-bond donors (Lipinski definition) is 1. The van der Waals surface area contributed by atoms with Gasteiger partial charge in [-0.05, 0) is 23.1 Å². The fourth-order valence-electron chi connectivity index (χ4n) is 2.21. The second-order valence-corrected chi connectivity index (χ2v) is 5.46. The van der Waals surface area contributed by atoms with E-state index < -0.39 is 12.3 Å². The first kappa shape index (κ1) is 17.2. The molecule has 0 fully saturated rings. The molecule has 5 nitrogen and oxygen atoms in total. The lowest BCUT2D eigenvalue weighted by molar-refractivity contribution is -0.165. The maximum atomic E-state index is 11.9. The van der Waals surface area contributed by atoms with Gasteiger partial charge in [0.15, 0.2) is 0 Å². The minimum atomic E-state index is -0.502. The summed E-state index contributed by atoms with van der Waals surface area (Å²) < 4.78 is 16.3. The van der Waals surface area contributed by atoms with E-state index in [1.54, 1.807) is 6.08 Å². The molecule has 1 aromatic rings. The zero-order valence-electron chi connectivity index (χ0n) is 13.2. The number of allylic oxidation sites excluding steroid dienone is 1. The summed E-state index contributed by atoms with van der Waals surface area (Å²) >= 11 is 0. The Morgan fingerprint density at radius 2 is 2.09 bits per heavy atom. The van der Waals surface area contributed by atoms with E-state index in [-0.39, 0.29) is 24.9 Å². The van der Waals surface area contributed by atoms with Crippen molar-refractivity contribution in [3.63, 3.8) is 0 Å². The van der Waals surface area contributed by atoms with Gasteiger partial charge in [0.05, 0.1) is 13.2 Å². The highest BCUT2D eigenvalue weighted by Gasteiger charge is 2.26. The van der Waals surface area contributed by atoms with Gasteiger partial charge in [-0.1, -0.05) is 43.8 Å². The van der Waals surface area contributed by atoms with Crippen molar-refractivity contribution in [1.82, 2.24) is 0 Å². The molecule has 0 bridgehead atoms. The number of rotatable bonds is 7. The van der Waals surface area contributed by atoms with Crippen LogP contribution in [-0.4, -0.2) is 24.0 Å². The van der Waals surface area contributed by atoms with Crippen LogP contribution in [0.2, 0.25) is 0 Å². The number of carbonyl (C=O) groups is 1. The molecule has 0 unspecified atom stereocenters. The van der Waals surface area contributed by atoms with Gasteiger partial charge in [0, 0.05) is 6.42 Å². The molecule has 124 valence electrons. The van der Waals surface area contributed by atoms with Gasteiger partial charge in [-0.3, -0.25) is 0 Å². The fourth-order valence-corrected chi connectivity index (χ4v) is 2.21. The summed E-state index contributed by atoms with van der Waals surface area (Å²) in [5.74, 6) is -0.152. The summed E-state index contributed by atoms with van der Waals surface area (Å²) in [6.45, 7) is 6.04. The van der Waals surface area contributed by atoms with Crippen molar-refractivity contribution in [3.05, 3.63) is 59.9 Å². The second-order valence-electron chi connectivity index (χ2n) is 5.46. The lowest BCUT2D eigenvalue weighted by Gasteiger charge is -2.27. The normalized spacial score (nSPS) is 20.3. The van der Waals surface area contributed by atoms with Crippen molar-refractivity contribution >= 4 is 5.97 Å². The van der Waals surface area contributed by atoms with Crippen molar-refractivity contribution in [2.24, 2.45) is 5.92 Å². The molecule has 5 heteroatoms. The van der Waals surface area contributed by atoms with Gasteiger partial charge in [-0.15, -0.1) is 0 Å². The average molecular weight is 318 g/mol. The van der Waals surface area contributed by atoms with Gasteiger partial charge in [-0.2, -0.15) is 0 Å². The standard InChI is InChI=1S/C18H22O5/c1-3-8-21-18(20)16-9-13(2)10-17(23-16)22-12-15-6-4-14(11-19)5-7-15/h3-7,9,13,17,19H,1,8,10-12H2,2H3/t13-,17+/m1/s1. The van der Waals surface area contributed by atoms with E-state index in [0.29, 0.717) is 13.0 Å². The molecule has 1 N–H and O–H groups in total. The monoisotopic (exact) mass is 318 g/mol. The Hall–Kier alpha value is -2.11. The number of aliphatic hydroxyl groups excluding tert-OH is 1. The summed E-state index contributed by atoms with van der Waals surface area (Å²) in [6, 6.07) is 7.49. The van der Waals surface area contributed by atoms with Crippen molar-refractivity contribution in [3.8, 4) is 0 Å². The summed E-state index contributed by atoms with van der Waals surface area (Å²) in [5.41, 5.74) is 1.83. The van der Waals surface area contributed by atoms with Gasteiger partial charge >= 0.3 is 5.97 Å². The number of hydrogen-bond acceptors (Lipinski definition) is 5. The highest BCUT2D eigenvalue weighted by atomic mass is 16.7. The molecule has 0 aliphatic carbocycles. The van der Waals surface area contributed by atoms with E-state index in [4.69, 9.17) is 19.3 Å². The van der Waals surface area contributed by atoms with Crippen LogP contribution in [0.3, 0.4) is 0 Å². The zero-order valence-corrected chi connectivity index (χ0v) is 13.2. The van der Waals surface area contributed by atoms with Crippen LogP contribution in [0.4, 0.5) is 0 Å². The largest absolute Gasteiger partial charge is 0.458 e. The second kappa shape index (κ2) is 8.50. The highest BCUT2D eigenvalue weighted by molar-refractivity contribution is 5.86. The fraction of sp³-hybridized carbons (Fsp3) is 0.389. The zero-order chi connectivity index (χ0) is 16.7. The van der Waals surface area contributed by atoms with Crippen molar-refractivity contribution in [2.75, 3.05) is 6.61 Å². The van der Waals surface area contributed by atoms with Crippen LogP contribution >= 0.6 is 0 Å². The molecule has 1 aromatic carbocycles. The Balaban J connectivity index is 1.89. The van der Waals surface area contributed by atoms with E-state index in [1.807, 2.05) is 31.2 Å². The molecule has 0 amide bonds. The molecule has 23 heavy (non-hydrogen) atoms. The predicted octanol–water partition coefficient (Wildman–Crippen LogP) is 2.69. The van der Waals surface area contributed by atoms with E-state index >= 15 is 0 Å². The van der Waals surface area contributed by atoms with Crippen molar-refractivity contribution < 1.29 is 24.1 Å². The van der Waals surface area contributed by atoms with E-state index in [0.717, 1.165) is 11.1 Å². The Kier molecular flexibility index (Phi) is 6.38. The number of ether oxygens (including phenoxy) is 3. The van der Waals surface area contributed by atoms with Gasteiger partial charge in [-0.25, -0.2) is 4.79 Å². The summed E-state index contributed by atoms with van der Waals surface area (Å²) in [4.78, 5) is 11.9. The third-order valence-corrected chi connectivity index (χ3v) is 3.43. The highest BCUT2D eigenvalue weighted by Crippen LogP contribution is 2.24. The molecular formula is C18H22O5. The van der Waals surface area contributed by atoms with Crippen LogP contribution in [0.1, 0.15) is 24.5 Å². The van der Waals surface area contributed by atoms with Gasteiger partial charge in [0.1, 0.15) is 6.61 Å². The van der Waals surface area contributed by atoms with Crippen molar-refractivity contribution in [1.29, 1.82) is 0 Å². The van der Waals surface area contributed by atoms with E-state index in [9.17, 15) is 4.79 Å². The number of carbonyl (C=O) groups excluding carboxylic acids is 1. The van der Waals surface area contributed by atoms with Crippen molar-refractivity contribution in [2.45, 2.75) is 32.8 Å². The van der Waals surface area contributed by atoms with E-state index in [2.05, 4.69) is 6.58 Å². The first-order chi connectivity index (χ1) is 11.1. The third kappa shape index (κ3) is 5.23. The Morgan fingerprint density at radius 1 is 1.39 bits per heavy atom. The minimum absolute atomic E-state index is 0.0192. The number of esters is 1. The van der Waals surface area contributed by atoms with Crippen LogP contribution < -0.4 is 0 Å². The number of aliphatic hydroxyl groups is 1. The lowest BCUT2D eigenvalue weighted by Crippen LogP contribution is -2.27. The van der Waals surface area contributed by atoms with Crippen LogP contribution in [0.15, 0.2) is 48.8 Å². The van der Waals surface area contributed by atoms with Crippen LogP contribution in [-0.2, 0) is 32.2 Å². The first-order valence-corrected chi connectivity index (χ1v) is 7.59. The smallest absolute Gasteiger partial charge is 0.373 e. The summed E-state index contributed by atoms with van der Waals surface area (Å²) in [5, 5.41) is 9.03. The first-order valence-electron chi connectivity index (χ1n) is 7.59. The number of benzene rings is 1. The van der Waals surface area contributed by atoms with Crippen LogP contribution in [0.5, 0.6) is 0 Å². The SMILES string of the molecule is C=CCOC(=O)C1=C[C@@H](C)C[C@@H](OCc2ccc(CO)cc2)O1. The molecule has 1 heterocycles. The van der Waals surface area contributed by atoms with Gasteiger partial charge in [0.25, 0.3) is 0 Å². The third-order valence-electron chi connectivity index (χ3n) is 3.43. The Labute approximate surface area is 136 Å². The molecule has 0 spiro atoms. The topological polar surface area (TPSA) is 65.0 Å². The predicted molar refractivity (Wildman–Crippen MR) is 85.0 cm³/mol. The molecule has 1 aliphatic heterocycles. The average Bonchev–Trinajstić information content (AvgIpc) is 2.57. The van der Waals surface area contributed by atoms with Crippen LogP contribution in [0, 0.1) is 5.92 Å². The maximum absolute atomic E-state index is 11.9. The summed E-state index contributed by atoms with van der Waals surface area (Å²) in [7, 11) is 0. The molecule has 2 rings (SSSR count). The molecular weight excluding hydrogens is 296 g/mol. The van der Waals surface area contributed by atoms with Gasteiger partial charge in [0.2, 0.25) is 12.0 Å². The van der Waals surface area contributed by atoms with Gasteiger partial charge < -0.3 is 19.3 Å². The Morgan fingerprint density at radius 3 is 2.74 bits per heavy atom. The quantitative estimate of drug-likeness (QED) is 0.618. The molecule has 1 aliphatic rings.